The summed E-state index contributed by atoms with van der Waals surface area (Å²) in [4.78, 5) is 11.9. The van der Waals surface area contributed by atoms with Crippen molar-refractivity contribution in [2.24, 2.45) is 0 Å². The van der Waals surface area contributed by atoms with E-state index in [4.69, 9.17) is 21.1 Å². The molecular formula is C15H8ClF5N2O3. The minimum atomic E-state index is -5.23. The molecule has 1 aliphatic heterocycles. The molecule has 0 bridgehead atoms. The number of amides is 2. The van der Waals surface area contributed by atoms with Gasteiger partial charge in [0.2, 0.25) is 0 Å². The Bertz CT molecular complexity index is 857. The average molecular weight is 395 g/mol. The number of halogens is 6. The first-order valence-corrected chi connectivity index (χ1v) is 7.26. The number of para-hydroxylation sites is 1. The molecule has 0 fully saturated rings. The molecule has 2 aromatic rings. The fourth-order valence-corrected chi connectivity index (χ4v) is 2.29. The molecule has 0 spiro atoms. The average Bonchev–Trinajstić information content (AvgIpc) is 2.89. The zero-order valence-electron chi connectivity index (χ0n) is 12.5. The van der Waals surface area contributed by atoms with Gasteiger partial charge in [0.25, 0.3) is 0 Å². The number of fused-ring (bicyclic) bond motifs is 1. The van der Waals surface area contributed by atoms with Crippen LogP contribution >= 0.6 is 11.6 Å². The zero-order chi connectivity index (χ0) is 19.1. The maximum Gasteiger partial charge on any atom is 0.492 e. The van der Waals surface area contributed by atoms with Gasteiger partial charge in [0.05, 0.1) is 0 Å². The van der Waals surface area contributed by atoms with Crippen molar-refractivity contribution < 1.29 is 36.2 Å². The fourth-order valence-electron chi connectivity index (χ4n) is 2.13. The van der Waals surface area contributed by atoms with Gasteiger partial charge in [-0.25, -0.2) is 13.6 Å². The van der Waals surface area contributed by atoms with Gasteiger partial charge in [-0.3, -0.25) is 5.32 Å². The number of ether oxygens (including phenoxy) is 2. The standard InChI is InChI=1S/C15H8ClF5N2O3/c16-7-4-5-10-11(6-7)26-15(25-10,14(19,20)21)23-13(24)22-12-8(17)2-1-3-9(12)18/h1-6H,(H2,22,23,24). The largest absolute Gasteiger partial charge is 0.492 e. The Morgan fingerprint density at radius 2 is 1.65 bits per heavy atom. The molecule has 0 saturated carbocycles. The predicted molar refractivity (Wildman–Crippen MR) is 80.0 cm³/mol. The van der Waals surface area contributed by atoms with Crippen LogP contribution in [-0.2, 0) is 0 Å². The molecule has 1 unspecified atom stereocenters. The highest BCUT2D eigenvalue weighted by Crippen LogP contribution is 2.46. The van der Waals surface area contributed by atoms with Crippen LogP contribution in [0.1, 0.15) is 0 Å². The van der Waals surface area contributed by atoms with E-state index in [1.165, 1.54) is 11.4 Å². The van der Waals surface area contributed by atoms with Gasteiger partial charge < -0.3 is 14.8 Å². The van der Waals surface area contributed by atoms with Crippen molar-refractivity contribution in [2.75, 3.05) is 5.32 Å². The lowest BCUT2D eigenvalue weighted by atomic mass is 10.3. The second-order valence-electron chi connectivity index (χ2n) is 5.09. The molecule has 3 rings (SSSR count). The van der Waals surface area contributed by atoms with Gasteiger partial charge in [-0.15, -0.1) is 0 Å². The molecule has 0 aromatic heterocycles. The first kappa shape index (κ1) is 18.1. The third-order valence-corrected chi connectivity index (χ3v) is 3.50. The number of rotatable bonds is 2. The lowest BCUT2D eigenvalue weighted by Gasteiger charge is -2.29. The molecular weight excluding hydrogens is 387 g/mol. The van der Waals surface area contributed by atoms with Crippen molar-refractivity contribution >= 4 is 23.3 Å². The lowest BCUT2D eigenvalue weighted by molar-refractivity contribution is -0.317. The summed E-state index contributed by atoms with van der Waals surface area (Å²) in [5, 5.41) is 3.13. The molecule has 5 nitrogen and oxygen atoms in total. The Kier molecular flexibility index (Phi) is 4.31. The summed E-state index contributed by atoms with van der Waals surface area (Å²) >= 11 is 5.68. The van der Waals surface area contributed by atoms with E-state index in [-0.39, 0.29) is 16.5 Å². The first-order chi connectivity index (χ1) is 12.1. The SMILES string of the molecule is O=C(Nc1c(F)cccc1F)NC1(C(F)(F)F)Oc2ccc(Cl)cc2O1. The number of carbonyl (C=O) groups excluding carboxylic acids is 1. The Morgan fingerprint density at radius 3 is 2.27 bits per heavy atom. The Balaban J connectivity index is 1.86. The lowest BCUT2D eigenvalue weighted by Crippen LogP contribution is -2.65. The van der Waals surface area contributed by atoms with Crippen LogP contribution in [0.15, 0.2) is 36.4 Å². The topological polar surface area (TPSA) is 59.6 Å². The van der Waals surface area contributed by atoms with Crippen LogP contribution in [0.5, 0.6) is 11.5 Å². The summed E-state index contributed by atoms with van der Waals surface area (Å²) in [5.74, 6) is -6.64. The van der Waals surface area contributed by atoms with Crippen LogP contribution in [0.25, 0.3) is 0 Å². The van der Waals surface area contributed by atoms with Gasteiger partial charge >= 0.3 is 18.1 Å². The molecule has 1 heterocycles. The van der Waals surface area contributed by atoms with E-state index in [0.29, 0.717) is 0 Å². The third-order valence-electron chi connectivity index (χ3n) is 3.27. The number of carbonyl (C=O) groups is 1. The van der Waals surface area contributed by atoms with Crippen molar-refractivity contribution in [3.05, 3.63) is 53.1 Å². The molecule has 0 saturated heterocycles. The summed E-state index contributed by atoms with van der Waals surface area (Å²) in [7, 11) is 0. The van der Waals surface area contributed by atoms with Crippen molar-refractivity contribution in [3.63, 3.8) is 0 Å². The fraction of sp³-hybridized carbons (Fsp3) is 0.133. The Hall–Kier alpha value is -2.75. The molecule has 2 N–H and O–H groups in total. The van der Waals surface area contributed by atoms with E-state index in [1.54, 1.807) is 5.32 Å². The summed E-state index contributed by atoms with van der Waals surface area (Å²) in [6, 6.07) is 4.48. The Morgan fingerprint density at radius 1 is 1.04 bits per heavy atom. The van der Waals surface area contributed by atoms with Gasteiger partial charge in [-0.1, -0.05) is 17.7 Å². The van der Waals surface area contributed by atoms with E-state index < -0.39 is 35.4 Å². The molecule has 1 aliphatic rings. The monoisotopic (exact) mass is 394 g/mol. The molecule has 1 atom stereocenters. The molecule has 2 amide bonds. The van der Waals surface area contributed by atoms with Gasteiger partial charge in [-0.05, 0) is 24.3 Å². The minimum absolute atomic E-state index is 0.0724. The van der Waals surface area contributed by atoms with E-state index in [1.807, 2.05) is 0 Å². The number of urea groups is 1. The number of benzene rings is 2. The summed E-state index contributed by atoms with van der Waals surface area (Å²) < 4.78 is 76.9. The normalized spacial score (nSPS) is 18.5. The number of hydrogen-bond acceptors (Lipinski definition) is 3. The highest BCUT2D eigenvalue weighted by atomic mass is 35.5. The van der Waals surface area contributed by atoms with Crippen LogP contribution in [0, 0.1) is 11.6 Å². The molecule has 26 heavy (non-hydrogen) atoms. The highest BCUT2D eigenvalue weighted by Gasteiger charge is 2.65. The second-order valence-corrected chi connectivity index (χ2v) is 5.52. The minimum Gasteiger partial charge on any atom is -0.424 e. The maximum atomic E-state index is 13.5. The highest BCUT2D eigenvalue weighted by molar-refractivity contribution is 6.30. The summed E-state index contributed by atoms with van der Waals surface area (Å²) in [6.45, 7) is 0. The van der Waals surface area contributed by atoms with Gasteiger partial charge in [0, 0.05) is 11.1 Å². The van der Waals surface area contributed by atoms with E-state index in [9.17, 15) is 26.7 Å². The quantitative estimate of drug-likeness (QED) is 0.741. The van der Waals surface area contributed by atoms with Crippen LogP contribution in [0.3, 0.4) is 0 Å². The maximum absolute atomic E-state index is 13.5. The number of alkyl halides is 3. The van der Waals surface area contributed by atoms with Crippen molar-refractivity contribution in [1.29, 1.82) is 0 Å². The second kappa shape index (κ2) is 6.20. The van der Waals surface area contributed by atoms with Crippen LogP contribution in [-0.4, -0.2) is 18.1 Å². The van der Waals surface area contributed by atoms with Crippen LogP contribution in [0.2, 0.25) is 5.02 Å². The van der Waals surface area contributed by atoms with Gasteiger partial charge in [-0.2, -0.15) is 13.2 Å². The summed E-state index contributed by atoms with van der Waals surface area (Å²) in [6.07, 6.45) is -5.23. The van der Waals surface area contributed by atoms with Gasteiger partial charge in [0.1, 0.15) is 17.3 Å². The molecule has 0 radical (unpaired) electrons. The van der Waals surface area contributed by atoms with Crippen molar-refractivity contribution in [2.45, 2.75) is 12.1 Å². The smallest absolute Gasteiger partial charge is 0.424 e. The first-order valence-electron chi connectivity index (χ1n) is 6.89. The zero-order valence-corrected chi connectivity index (χ0v) is 13.2. The molecule has 2 aromatic carbocycles. The number of hydrogen-bond donors (Lipinski definition) is 2. The van der Waals surface area contributed by atoms with Crippen molar-refractivity contribution in [1.82, 2.24) is 5.32 Å². The molecule has 138 valence electrons. The summed E-state index contributed by atoms with van der Waals surface area (Å²) in [5.41, 5.74) is -0.930. The predicted octanol–water partition coefficient (Wildman–Crippen LogP) is 4.43. The van der Waals surface area contributed by atoms with Crippen molar-refractivity contribution in [3.8, 4) is 11.5 Å². The third kappa shape index (κ3) is 3.19. The number of nitrogens with one attached hydrogen (secondary N) is 2. The van der Waals surface area contributed by atoms with Crippen LogP contribution < -0.4 is 20.1 Å². The van der Waals surface area contributed by atoms with E-state index in [0.717, 1.165) is 30.3 Å². The van der Waals surface area contributed by atoms with Crippen LogP contribution in [0.4, 0.5) is 32.4 Å². The van der Waals surface area contributed by atoms with Gasteiger partial charge in [0.15, 0.2) is 11.5 Å². The van der Waals surface area contributed by atoms with E-state index in [2.05, 4.69) is 0 Å². The Labute approximate surface area is 147 Å². The number of anilines is 1. The molecule has 11 heteroatoms. The van der Waals surface area contributed by atoms with E-state index >= 15 is 0 Å². The molecule has 0 aliphatic carbocycles.